The number of aromatic nitrogens is 1. The first kappa shape index (κ1) is 18.9. The van der Waals surface area contributed by atoms with Crippen LogP contribution in [0.3, 0.4) is 0 Å². The highest BCUT2D eigenvalue weighted by Crippen LogP contribution is 2.20. The van der Waals surface area contributed by atoms with E-state index in [0.29, 0.717) is 17.3 Å². The minimum Gasteiger partial charge on any atom is -0.352 e. The molecule has 8 heteroatoms. The summed E-state index contributed by atoms with van der Waals surface area (Å²) in [7, 11) is 0. The number of pyridine rings is 1. The van der Waals surface area contributed by atoms with Crippen molar-refractivity contribution in [2.45, 2.75) is 19.9 Å². The van der Waals surface area contributed by atoms with Gasteiger partial charge in [0.2, 0.25) is 5.91 Å². The van der Waals surface area contributed by atoms with Crippen LogP contribution in [0.1, 0.15) is 29.3 Å². The summed E-state index contributed by atoms with van der Waals surface area (Å²) in [5, 5.41) is 7.33. The third-order valence-electron chi connectivity index (χ3n) is 3.15. The first-order valence-electron chi connectivity index (χ1n) is 7.40. The van der Waals surface area contributed by atoms with Gasteiger partial charge in [-0.3, -0.25) is 14.6 Å². The van der Waals surface area contributed by atoms with E-state index >= 15 is 0 Å². The number of carbonyl (C=O) groups is 2. The number of nitrogens with one attached hydrogen (secondary N) is 2. The first-order valence-corrected chi connectivity index (χ1v) is 8.15. The van der Waals surface area contributed by atoms with E-state index < -0.39 is 5.91 Å². The Kier molecular flexibility index (Phi) is 6.91. The fourth-order valence-corrected chi connectivity index (χ4v) is 2.41. The minimum atomic E-state index is -0.475. The number of halogens is 2. The average molecular weight is 379 g/mol. The van der Waals surface area contributed by atoms with Crippen molar-refractivity contribution in [2.24, 2.45) is 5.10 Å². The monoisotopic (exact) mass is 378 g/mol. The van der Waals surface area contributed by atoms with E-state index in [1.165, 1.54) is 12.1 Å². The van der Waals surface area contributed by atoms with E-state index in [4.69, 9.17) is 23.2 Å². The van der Waals surface area contributed by atoms with Gasteiger partial charge in [-0.2, -0.15) is 5.10 Å². The van der Waals surface area contributed by atoms with Gasteiger partial charge in [-0.25, -0.2) is 5.43 Å². The van der Waals surface area contributed by atoms with Gasteiger partial charge in [0.25, 0.3) is 5.91 Å². The zero-order valence-electron chi connectivity index (χ0n) is 13.4. The molecule has 6 nitrogen and oxygen atoms in total. The summed E-state index contributed by atoms with van der Waals surface area (Å²) in [6, 6.07) is 8.20. The smallest absolute Gasteiger partial charge is 0.272 e. The van der Waals surface area contributed by atoms with Gasteiger partial charge in [-0.05, 0) is 36.8 Å². The van der Waals surface area contributed by atoms with Crippen molar-refractivity contribution in [1.29, 1.82) is 0 Å². The molecule has 25 heavy (non-hydrogen) atoms. The number of hydrazone groups is 1. The zero-order valence-corrected chi connectivity index (χ0v) is 14.9. The Bertz CT molecular complexity index is 794. The maximum absolute atomic E-state index is 12.0. The van der Waals surface area contributed by atoms with E-state index in [2.05, 4.69) is 20.8 Å². The third kappa shape index (κ3) is 6.17. The molecule has 2 amide bonds. The lowest BCUT2D eigenvalue weighted by Crippen LogP contribution is -2.26. The molecule has 2 rings (SSSR count). The lowest BCUT2D eigenvalue weighted by Gasteiger charge is -2.06. The number of amides is 2. The van der Waals surface area contributed by atoms with Gasteiger partial charge in [0.1, 0.15) is 0 Å². The molecule has 0 saturated heterocycles. The van der Waals surface area contributed by atoms with Crippen molar-refractivity contribution in [2.75, 3.05) is 0 Å². The molecule has 0 fully saturated rings. The first-order chi connectivity index (χ1) is 12.0. The molecule has 0 spiro atoms. The van der Waals surface area contributed by atoms with E-state index in [0.717, 1.165) is 5.56 Å². The molecule has 2 aromatic rings. The van der Waals surface area contributed by atoms with E-state index in [1.807, 2.05) is 6.07 Å². The van der Waals surface area contributed by atoms with Gasteiger partial charge in [-0.1, -0.05) is 29.3 Å². The molecule has 0 saturated carbocycles. The second kappa shape index (κ2) is 9.15. The highest BCUT2D eigenvalue weighted by molar-refractivity contribution is 6.36. The molecule has 1 aromatic carbocycles. The van der Waals surface area contributed by atoms with Crippen molar-refractivity contribution in [3.63, 3.8) is 0 Å². The Morgan fingerprint density at radius 3 is 2.72 bits per heavy atom. The summed E-state index contributed by atoms with van der Waals surface area (Å²) >= 11 is 11.7. The topological polar surface area (TPSA) is 83.4 Å². The lowest BCUT2D eigenvalue weighted by molar-refractivity contribution is -0.120. The molecule has 1 aromatic heterocycles. The molecule has 0 unspecified atom stereocenters. The standard InChI is InChI=1S/C17H16Cl2N4O2/c1-11(7-16(24)21-10-12-3-2-6-20-9-12)22-23-17(25)14-5-4-13(18)8-15(14)19/h2-6,8-9H,7,10H2,1H3,(H,21,24)(H,23,25)/b22-11+. The largest absolute Gasteiger partial charge is 0.352 e. The van der Waals surface area contributed by atoms with Crippen molar-refractivity contribution < 1.29 is 9.59 Å². The van der Waals surface area contributed by atoms with Crippen LogP contribution in [0.5, 0.6) is 0 Å². The van der Waals surface area contributed by atoms with Crippen LogP contribution in [0.2, 0.25) is 10.0 Å². The Morgan fingerprint density at radius 1 is 1.24 bits per heavy atom. The number of nitrogens with zero attached hydrogens (tertiary/aromatic N) is 2. The van der Waals surface area contributed by atoms with Crippen LogP contribution in [-0.2, 0) is 11.3 Å². The normalized spacial score (nSPS) is 11.1. The lowest BCUT2D eigenvalue weighted by atomic mass is 10.2. The Hall–Kier alpha value is -2.44. The number of rotatable bonds is 6. The quantitative estimate of drug-likeness (QED) is 0.597. The molecule has 130 valence electrons. The summed E-state index contributed by atoms with van der Waals surface area (Å²) in [6.07, 6.45) is 3.41. The van der Waals surface area contributed by atoms with Crippen LogP contribution < -0.4 is 10.7 Å². The number of carbonyl (C=O) groups excluding carboxylic acids is 2. The molecule has 0 atom stereocenters. The van der Waals surface area contributed by atoms with Gasteiger partial charge in [0.05, 0.1) is 17.0 Å². The predicted octanol–water partition coefficient (Wildman–Crippen LogP) is 3.20. The van der Waals surface area contributed by atoms with Crippen molar-refractivity contribution in [3.05, 3.63) is 63.9 Å². The summed E-state index contributed by atoms with van der Waals surface area (Å²) < 4.78 is 0. The van der Waals surface area contributed by atoms with Crippen LogP contribution in [-0.4, -0.2) is 22.5 Å². The van der Waals surface area contributed by atoms with Crippen LogP contribution in [0.4, 0.5) is 0 Å². The Labute approximate surface area is 155 Å². The second-order valence-electron chi connectivity index (χ2n) is 5.23. The second-order valence-corrected chi connectivity index (χ2v) is 6.07. The van der Waals surface area contributed by atoms with Gasteiger partial charge in [-0.15, -0.1) is 0 Å². The van der Waals surface area contributed by atoms with Crippen LogP contribution in [0.25, 0.3) is 0 Å². The van der Waals surface area contributed by atoms with E-state index in [9.17, 15) is 9.59 Å². The summed E-state index contributed by atoms with van der Waals surface area (Å²) in [4.78, 5) is 27.9. The van der Waals surface area contributed by atoms with Gasteiger partial charge >= 0.3 is 0 Å². The van der Waals surface area contributed by atoms with Crippen LogP contribution in [0.15, 0.2) is 47.8 Å². The van der Waals surface area contributed by atoms with Crippen molar-refractivity contribution >= 4 is 40.7 Å². The molecule has 2 N–H and O–H groups in total. The minimum absolute atomic E-state index is 0.0644. The maximum atomic E-state index is 12.0. The number of hydrogen-bond acceptors (Lipinski definition) is 4. The van der Waals surface area contributed by atoms with Crippen molar-refractivity contribution in [3.8, 4) is 0 Å². The highest BCUT2D eigenvalue weighted by Gasteiger charge is 2.10. The van der Waals surface area contributed by atoms with Crippen LogP contribution in [0, 0.1) is 0 Å². The van der Waals surface area contributed by atoms with E-state index in [1.54, 1.807) is 31.5 Å². The molecule has 1 heterocycles. The summed E-state index contributed by atoms with van der Waals surface area (Å²) in [6.45, 7) is 2.03. The molecular weight excluding hydrogens is 363 g/mol. The maximum Gasteiger partial charge on any atom is 0.272 e. The van der Waals surface area contributed by atoms with Gasteiger partial charge in [0, 0.05) is 29.7 Å². The Balaban J connectivity index is 1.84. The predicted molar refractivity (Wildman–Crippen MR) is 97.7 cm³/mol. The fraction of sp³-hybridized carbons (Fsp3) is 0.176. The molecule has 0 aliphatic carbocycles. The fourth-order valence-electron chi connectivity index (χ4n) is 1.92. The van der Waals surface area contributed by atoms with Gasteiger partial charge in [0.15, 0.2) is 0 Å². The molecular formula is C17H16Cl2N4O2. The third-order valence-corrected chi connectivity index (χ3v) is 3.70. The molecule has 0 aliphatic heterocycles. The summed E-state index contributed by atoms with van der Waals surface area (Å²) in [5.74, 6) is -0.680. The van der Waals surface area contributed by atoms with Crippen molar-refractivity contribution in [1.82, 2.24) is 15.7 Å². The van der Waals surface area contributed by atoms with Crippen LogP contribution >= 0.6 is 23.2 Å². The molecule has 0 radical (unpaired) electrons. The average Bonchev–Trinajstić information content (AvgIpc) is 2.59. The molecule has 0 aliphatic rings. The van der Waals surface area contributed by atoms with Gasteiger partial charge < -0.3 is 5.32 Å². The number of benzene rings is 1. The van der Waals surface area contributed by atoms with E-state index in [-0.39, 0.29) is 22.9 Å². The zero-order chi connectivity index (χ0) is 18.2. The molecule has 0 bridgehead atoms. The summed E-state index contributed by atoms with van der Waals surface area (Å²) in [5.41, 5.74) is 3.98. The SMILES string of the molecule is C/C(CC(=O)NCc1cccnc1)=N\NC(=O)c1ccc(Cl)cc1Cl. The number of hydrogen-bond donors (Lipinski definition) is 2. The Morgan fingerprint density at radius 2 is 2.04 bits per heavy atom. The highest BCUT2D eigenvalue weighted by atomic mass is 35.5.